The van der Waals surface area contributed by atoms with E-state index in [0.717, 1.165) is 41.5 Å². The van der Waals surface area contributed by atoms with Crippen molar-refractivity contribution >= 4 is 39.5 Å². The van der Waals surface area contributed by atoms with Crippen molar-refractivity contribution in [3.63, 3.8) is 0 Å². The molecule has 0 saturated heterocycles. The Morgan fingerprint density at radius 3 is 2.39 bits per heavy atom. The Balaban J connectivity index is 1.64. The van der Waals surface area contributed by atoms with Crippen LogP contribution >= 0.6 is 27.7 Å². The number of hydrogen-bond acceptors (Lipinski definition) is 3. The van der Waals surface area contributed by atoms with Crippen molar-refractivity contribution in [2.24, 2.45) is 0 Å². The molecule has 1 atom stereocenters. The Morgan fingerprint density at radius 1 is 1.03 bits per heavy atom. The molecule has 1 aliphatic rings. The van der Waals surface area contributed by atoms with E-state index in [4.69, 9.17) is 0 Å². The van der Waals surface area contributed by atoms with Crippen LogP contribution in [0.15, 0.2) is 59.1 Å². The Morgan fingerprint density at radius 2 is 1.71 bits per heavy atom. The lowest BCUT2D eigenvalue weighted by Gasteiger charge is -2.31. The first-order chi connectivity index (χ1) is 15.0. The van der Waals surface area contributed by atoms with E-state index in [1.807, 2.05) is 49.4 Å². The first kappa shape index (κ1) is 23.9. The predicted molar refractivity (Wildman–Crippen MR) is 132 cm³/mol. The molecule has 1 unspecified atom stereocenters. The van der Waals surface area contributed by atoms with Crippen molar-refractivity contribution in [1.82, 2.24) is 10.2 Å². The van der Waals surface area contributed by atoms with Crippen LogP contribution in [-0.4, -0.2) is 34.6 Å². The highest BCUT2D eigenvalue weighted by Crippen LogP contribution is 2.20. The van der Waals surface area contributed by atoms with Crippen LogP contribution < -0.4 is 5.32 Å². The SMILES string of the molecule is CC(C(=O)NC1CCCCC1)N(Cc1ccc(Br)cc1)C(=O)CSCc1ccccc1. The first-order valence-electron chi connectivity index (χ1n) is 11.0. The molecule has 2 aromatic rings. The summed E-state index contributed by atoms with van der Waals surface area (Å²) < 4.78 is 0.996. The summed E-state index contributed by atoms with van der Waals surface area (Å²) in [5, 5.41) is 3.18. The second-order valence-corrected chi connectivity index (χ2v) is 10.0. The normalized spacial score (nSPS) is 15.3. The van der Waals surface area contributed by atoms with Gasteiger partial charge in [0.2, 0.25) is 11.8 Å². The number of nitrogens with zero attached hydrogens (tertiary/aromatic N) is 1. The van der Waals surface area contributed by atoms with Gasteiger partial charge in [-0.1, -0.05) is 77.7 Å². The zero-order valence-corrected chi connectivity index (χ0v) is 20.5. The lowest BCUT2D eigenvalue weighted by Crippen LogP contribution is -2.50. The molecule has 2 aromatic carbocycles. The minimum Gasteiger partial charge on any atom is -0.352 e. The zero-order valence-electron chi connectivity index (χ0n) is 18.1. The second-order valence-electron chi connectivity index (χ2n) is 8.15. The summed E-state index contributed by atoms with van der Waals surface area (Å²) in [6.07, 6.45) is 5.64. The fourth-order valence-electron chi connectivity index (χ4n) is 3.85. The minimum atomic E-state index is -0.504. The molecular weight excluding hydrogens is 472 g/mol. The zero-order chi connectivity index (χ0) is 22.1. The molecular formula is C25H31BrN2O2S. The Bertz CT molecular complexity index is 838. The van der Waals surface area contributed by atoms with E-state index >= 15 is 0 Å². The van der Waals surface area contributed by atoms with E-state index in [9.17, 15) is 9.59 Å². The number of rotatable bonds is 9. The van der Waals surface area contributed by atoms with E-state index in [0.29, 0.717) is 12.3 Å². The number of carbonyl (C=O) groups is 2. The first-order valence-corrected chi connectivity index (χ1v) is 12.9. The standard InChI is InChI=1S/C25H31BrN2O2S/c1-19(25(30)27-23-10-6-3-7-11-23)28(16-20-12-14-22(26)15-13-20)24(29)18-31-17-21-8-4-2-5-9-21/h2,4-5,8-9,12-15,19,23H,3,6-7,10-11,16-18H2,1H3,(H,27,30). The molecule has 4 nitrogen and oxygen atoms in total. The van der Waals surface area contributed by atoms with Gasteiger partial charge in [-0.2, -0.15) is 0 Å². The van der Waals surface area contributed by atoms with Crippen molar-refractivity contribution in [1.29, 1.82) is 0 Å². The van der Waals surface area contributed by atoms with Gasteiger partial charge in [-0.15, -0.1) is 11.8 Å². The quantitative estimate of drug-likeness (QED) is 0.488. The Labute approximate surface area is 198 Å². The monoisotopic (exact) mass is 502 g/mol. The van der Waals surface area contributed by atoms with Crippen molar-refractivity contribution in [2.75, 3.05) is 5.75 Å². The summed E-state index contributed by atoms with van der Waals surface area (Å²) >= 11 is 5.05. The molecule has 0 heterocycles. The molecule has 0 aliphatic heterocycles. The summed E-state index contributed by atoms with van der Waals surface area (Å²) in [7, 11) is 0. The highest BCUT2D eigenvalue weighted by molar-refractivity contribution is 9.10. The number of nitrogens with one attached hydrogen (secondary N) is 1. The third-order valence-corrected chi connectivity index (χ3v) is 7.24. The van der Waals surface area contributed by atoms with E-state index in [1.165, 1.54) is 12.0 Å². The molecule has 1 aliphatic carbocycles. The van der Waals surface area contributed by atoms with E-state index in [-0.39, 0.29) is 17.9 Å². The molecule has 1 fully saturated rings. The molecule has 6 heteroatoms. The molecule has 2 amide bonds. The number of carbonyl (C=O) groups excluding carboxylic acids is 2. The van der Waals surface area contributed by atoms with E-state index in [2.05, 4.69) is 33.4 Å². The molecule has 0 spiro atoms. The van der Waals surface area contributed by atoms with Gasteiger partial charge < -0.3 is 10.2 Å². The van der Waals surface area contributed by atoms with Crippen LogP contribution in [-0.2, 0) is 21.9 Å². The van der Waals surface area contributed by atoms with Crippen molar-refractivity contribution in [3.8, 4) is 0 Å². The van der Waals surface area contributed by atoms with Gasteiger partial charge in [0.15, 0.2) is 0 Å². The molecule has 1 saturated carbocycles. The van der Waals surface area contributed by atoms with Crippen LogP contribution in [0.1, 0.15) is 50.2 Å². The molecule has 3 rings (SSSR count). The summed E-state index contributed by atoms with van der Waals surface area (Å²) in [5.41, 5.74) is 2.21. The van der Waals surface area contributed by atoms with E-state index in [1.54, 1.807) is 16.7 Å². The molecule has 0 aromatic heterocycles. The molecule has 166 valence electrons. The summed E-state index contributed by atoms with van der Waals surface area (Å²) in [6.45, 7) is 2.27. The van der Waals surface area contributed by atoms with Gasteiger partial charge in [0.05, 0.1) is 5.75 Å². The van der Waals surface area contributed by atoms with Crippen LogP contribution in [0.25, 0.3) is 0 Å². The summed E-state index contributed by atoms with van der Waals surface area (Å²) in [4.78, 5) is 27.9. The van der Waals surface area contributed by atoms with Crippen LogP contribution in [0.2, 0.25) is 0 Å². The largest absolute Gasteiger partial charge is 0.352 e. The van der Waals surface area contributed by atoms with Gasteiger partial charge in [0.1, 0.15) is 6.04 Å². The third kappa shape index (κ3) is 7.69. The number of thioether (sulfide) groups is 1. The second kappa shape index (κ2) is 12.3. The van der Waals surface area contributed by atoms with Crippen molar-refractivity contribution in [2.45, 2.75) is 63.4 Å². The number of benzene rings is 2. The average molecular weight is 504 g/mol. The van der Waals surface area contributed by atoms with E-state index < -0.39 is 6.04 Å². The fraction of sp³-hybridized carbons (Fsp3) is 0.440. The lowest BCUT2D eigenvalue weighted by molar-refractivity contribution is -0.139. The number of amides is 2. The maximum atomic E-state index is 13.2. The Hall–Kier alpha value is -1.79. The highest BCUT2D eigenvalue weighted by atomic mass is 79.9. The number of hydrogen-bond donors (Lipinski definition) is 1. The summed E-state index contributed by atoms with van der Waals surface area (Å²) in [6, 6.07) is 17.8. The Kier molecular flexibility index (Phi) is 9.47. The average Bonchev–Trinajstić information content (AvgIpc) is 2.79. The maximum Gasteiger partial charge on any atom is 0.242 e. The van der Waals surface area contributed by atoms with Crippen LogP contribution in [0, 0.1) is 0 Å². The minimum absolute atomic E-state index is 0.00450. The van der Waals surface area contributed by atoms with Crippen LogP contribution in [0.5, 0.6) is 0 Å². The smallest absolute Gasteiger partial charge is 0.242 e. The molecule has 1 N–H and O–H groups in total. The third-order valence-electron chi connectivity index (χ3n) is 5.72. The topological polar surface area (TPSA) is 49.4 Å². The molecule has 0 bridgehead atoms. The van der Waals surface area contributed by atoms with Gasteiger partial charge in [0.25, 0.3) is 0 Å². The highest BCUT2D eigenvalue weighted by Gasteiger charge is 2.28. The maximum absolute atomic E-state index is 13.2. The van der Waals surface area contributed by atoms with Crippen molar-refractivity contribution in [3.05, 3.63) is 70.2 Å². The van der Waals surface area contributed by atoms with Gasteiger partial charge in [-0.3, -0.25) is 9.59 Å². The van der Waals surface area contributed by atoms with Gasteiger partial charge in [-0.25, -0.2) is 0 Å². The van der Waals surface area contributed by atoms with Gasteiger partial charge >= 0.3 is 0 Å². The van der Waals surface area contributed by atoms with Crippen LogP contribution in [0.4, 0.5) is 0 Å². The van der Waals surface area contributed by atoms with Crippen molar-refractivity contribution < 1.29 is 9.59 Å². The van der Waals surface area contributed by atoms with Gasteiger partial charge in [0, 0.05) is 22.8 Å². The molecule has 31 heavy (non-hydrogen) atoms. The number of halogens is 1. The van der Waals surface area contributed by atoms with Gasteiger partial charge in [-0.05, 0) is 43.0 Å². The lowest BCUT2D eigenvalue weighted by atomic mass is 9.95. The summed E-state index contributed by atoms with van der Waals surface area (Å²) in [5.74, 6) is 1.08. The fourth-order valence-corrected chi connectivity index (χ4v) is 4.99. The molecule has 0 radical (unpaired) electrons. The van der Waals surface area contributed by atoms with Crippen LogP contribution in [0.3, 0.4) is 0 Å². The predicted octanol–water partition coefficient (Wildman–Crippen LogP) is 5.55.